The Kier molecular flexibility index (Phi) is 9.71. The van der Waals surface area contributed by atoms with E-state index >= 15 is 0 Å². The van der Waals surface area contributed by atoms with E-state index in [9.17, 15) is 4.79 Å². The molecule has 1 amide bonds. The molecule has 0 bridgehead atoms. The molecule has 0 saturated heterocycles. The molecule has 0 aliphatic carbocycles. The molecular formula is C10H19Cl2N3OS. The summed E-state index contributed by atoms with van der Waals surface area (Å²) in [4.78, 5) is 18.6. The van der Waals surface area contributed by atoms with Crippen molar-refractivity contribution in [2.24, 2.45) is 5.73 Å². The fourth-order valence-electron chi connectivity index (χ4n) is 1.21. The van der Waals surface area contributed by atoms with Crippen LogP contribution in [0.25, 0.3) is 0 Å². The molecule has 0 fully saturated rings. The van der Waals surface area contributed by atoms with Gasteiger partial charge in [0.15, 0.2) is 0 Å². The summed E-state index contributed by atoms with van der Waals surface area (Å²) in [6, 6.07) is -0.0810. The number of hydrogen-bond acceptors (Lipinski definition) is 4. The molecule has 1 heterocycles. The number of nitrogens with zero attached hydrogens (tertiary/aromatic N) is 2. The number of hydrogen-bond donors (Lipinski definition) is 1. The smallest absolute Gasteiger partial charge is 0.224 e. The van der Waals surface area contributed by atoms with Crippen molar-refractivity contribution in [1.29, 1.82) is 0 Å². The van der Waals surface area contributed by atoms with Crippen LogP contribution in [0.3, 0.4) is 0 Å². The number of nitrogens with two attached hydrogens (primary N) is 1. The van der Waals surface area contributed by atoms with Crippen LogP contribution in [0.4, 0.5) is 0 Å². The number of carbonyl (C=O) groups excluding carboxylic acids is 1. The van der Waals surface area contributed by atoms with Gasteiger partial charge in [0.1, 0.15) is 0 Å². The second kappa shape index (κ2) is 8.69. The minimum Gasteiger partial charge on any atom is -0.340 e. The van der Waals surface area contributed by atoms with Crippen LogP contribution in [0.5, 0.6) is 0 Å². The van der Waals surface area contributed by atoms with Gasteiger partial charge in [-0.25, -0.2) is 4.98 Å². The molecule has 7 heteroatoms. The van der Waals surface area contributed by atoms with Gasteiger partial charge in [-0.1, -0.05) is 0 Å². The van der Waals surface area contributed by atoms with Crippen molar-refractivity contribution in [1.82, 2.24) is 9.88 Å². The molecule has 0 radical (unpaired) electrons. The van der Waals surface area contributed by atoms with Crippen molar-refractivity contribution in [3.8, 4) is 0 Å². The van der Waals surface area contributed by atoms with Crippen molar-refractivity contribution in [2.75, 3.05) is 7.05 Å². The highest BCUT2D eigenvalue weighted by molar-refractivity contribution is 7.09. The maximum absolute atomic E-state index is 11.6. The number of carbonyl (C=O) groups is 1. The Morgan fingerprint density at radius 1 is 1.59 bits per heavy atom. The first-order chi connectivity index (χ1) is 7.00. The fraction of sp³-hybridized carbons (Fsp3) is 0.600. The lowest BCUT2D eigenvalue weighted by Crippen LogP contribution is -2.31. The van der Waals surface area contributed by atoms with Crippen molar-refractivity contribution >= 4 is 42.1 Å². The number of aryl methyl sites for hydroxylation is 1. The van der Waals surface area contributed by atoms with Crippen molar-refractivity contribution in [3.63, 3.8) is 0 Å². The normalized spacial score (nSPS) is 11.1. The van der Waals surface area contributed by atoms with Gasteiger partial charge in [0.05, 0.1) is 17.7 Å². The molecule has 0 aliphatic heterocycles. The quantitative estimate of drug-likeness (QED) is 0.925. The van der Waals surface area contributed by atoms with Gasteiger partial charge >= 0.3 is 0 Å². The SMILES string of the molecule is Cc1ncsc1CN(C)C(=O)CC(C)N.Cl.Cl. The highest BCUT2D eigenvalue weighted by Gasteiger charge is 2.13. The van der Waals surface area contributed by atoms with E-state index in [1.165, 1.54) is 0 Å². The zero-order valence-electron chi connectivity index (χ0n) is 10.2. The predicted molar refractivity (Wildman–Crippen MR) is 76.1 cm³/mol. The molecule has 1 atom stereocenters. The van der Waals surface area contributed by atoms with Crippen molar-refractivity contribution in [3.05, 3.63) is 16.1 Å². The highest BCUT2D eigenvalue weighted by Crippen LogP contribution is 2.14. The number of rotatable bonds is 4. The predicted octanol–water partition coefficient (Wildman–Crippen LogP) is 1.99. The average Bonchev–Trinajstić information content (AvgIpc) is 2.50. The van der Waals surface area contributed by atoms with Gasteiger partial charge in [0.2, 0.25) is 5.91 Å². The molecule has 4 nitrogen and oxygen atoms in total. The van der Waals surface area contributed by atoms with Gasteiger partial charge < -0.3 is 10.6 Å². The highest BCUT2D eigenvalue weighted by atomic mass is 35.5. The van der Waals surface area contributed by atoms with Crippen LogP contribution < -0.4 is 5.73 Å². The Hall–Kier alpha value is -0.360. The van der Waals surface area contributed by atoms with Gasteiger partial charge in [0, 0.05) is 24.4 Å². The van der Waals surface area contributed by atoms with Crippen LogP contribution in [-0.4, -0.2) is 28.9 Å². The molecular weight excluding hydrogens is 281 g/mol. The standard InChI is InChI=1S/C10H17N3OS.2ClH/c1-7(11)4-10(14)13(3)5-9-8(2)12-6-15-9;;/h6-7H,4-5,11H2,1-3H3;2*1H. The lowest BCUT2D eigenvalue weighted by atomic mass is 10.2. The Morgan fingerprint density at radius 2 is 2.18 bits per heavy atom. The number of aromatic nitrogens is 1. The van der Waals surface area contributed by atoms with E-state index in [-0.39, 0.29) is 36.8 Å². The summed E-state index contributed by atoms with van der Waals surface area (Å²) in [6.45, 7) is 4.42. The molecule has 0 aromatic carbocycles. The van der Waals surface area contributed by atoms with Gasteiger partial charge in [-0.15, -0.1) is 36.2 Å². The fourth-order valence-corrected chi connectivity index (χ4v) is 2.04. The van der Waals surface area contributed by atoms with E-state index in [1.54, 1.807) is 28.8 Å². The molecule has 1 unspecified atom stereocenters. The molecule has 100 valence electrons. The number of amides is 1. The van der Waals surface area contributed by atoms with Gasteiger partial charge in [-0.3, -0.25) is 4.79 Å². The molecule has 0 spiro atoms. The second-order valence-corrected chi connectivity index (χ2v) is 4.73. The van der Waals surface area contributed by atoms with Crippen LogP contribution in [-0.2, 0) is 11.3 Å². The summed E-state index contributed by atoms with van der Waals surface area (Å²) < 4.78 is 0. The van der Waals surface area contributed by atoms with Crippen LogP contribution in [0.2, 0.25) is 0 Å². The molecule has 2 N–H and O–H groups in total. The van der Waals surface area contributed by atoms with Gasteiger partial charge in [-0.05, 0) is 13.8 Å². The monoisotopic (exact) mass is 299 g/mol. The molecule has 1 rings (SSSR count). The minimum atomic E-state index is -0.0810. The Bertz CT molecular complexity index is 344. The maximum Gasteiger partial charge on any atom is 0.224 e. The maximum atomic E-state index is 11.6. The molecule has 0 saturated carbocycles. The Labute approximate surface area is 118 Å². The van der Waals surface area contributed by atoms with E-state index in [4.69, 9.17) is 5.73 Å². The van der Waals surface area contributed by atoms with Gasteiger partial charge in [0.25, 0.3) is 0 Å². The molecule has 0 aliphatic rings. The number of halogens is 2. The summed E-state index contributed by atoms with van der Waals surface area (Å²) >= 11 is 1.58. The third-order valence-corrected chi connectivity index (χ3v) is 3.07. The lowest BCUT2D eigenvalue weighted by molar-refractivity contribution is -0.130. The van der Waals surface area contributed by atoms with E-state index in [0.717, 1.165) is 10.6 Å². The summed E-state index contributed by atoms with van der Waals surface area (Å²) in [7, 11) is 1.80. The molecule has 17 heavy (non-hydrogen) atoms. The summed E-state index contributed by atoms with van der Waals surface area (Å²) in [6.07, 6.45) is 0.397. The summed E-state index contributed by atoms with van der Waals surface area (Å²) in [5, 5.41) is 0. The van der Waals surface area contributed by atoms with Crippen LogP contribution in [0, 0.1) is 6.92 Å². The molecule has 1 aromatic rings. The first-order valence-electron chi connectivity index (χ1n) is 4.89. The Balaban J connectivity index is 0. The molecule has 1 aromatic heterocycles. The van der Waals surface area contributed by atoms with E-state index < -0.39 is 0 Å². The third-order valence-electron chi connectivity index (χ3n) is 2.15. The third kappa shape index (κ3) is 6.21. The van der Waals surface area contributed by atoms with Crippen molar-refractivity contribution in [2.45, 2.75) is 32.9 Å². The van der Waals surface area contributed by atoms with Gasteiger partial charge in [-0.2, -0.15) is 0 Å². The van der Waals surface area contributed by atoms with E-state index in [2.05, 4.69) is 4.98 Å². The van der Waals surface area contributed by atoms with Crippen LogP contribution in [0.1, 0.15) is 23.9 Å². The summed E-state index contributed by atoms with van der Waals surface area (Å²) in [5.74, 6) is 0.0813. The van der Waals surface area contributed by atoms with Crippen LogP contribution >= 0.6 is 36.2 Å². The lowest BCUT2D eigenvalue weighted by Gasteiger charge is -2.17. The zero-order valence-corrected chi connectivity index (χ0v) is 12.6. The summed E-state index contributed by atoms with van der Waals surface area (Å²) in [5.41, 5.74) is 8.38. The second-order valence-electron chi connectivity index (χ2n) is 3.79. The average molecular weight is 300 g/mol. The first kappa shape index (κ1) is 19.0. The topological polar surface area (TPSA) is 59.2 Å². The van der Waals surface area contributed by atoms with E-state index in [1.807, 2.05) is 13.8 Å². The largest absolute Gasteiger partial charge is 0.340 e. The first-order valence-corrected chi connectivity index (χ1v) is 5.77. The zero-order chi connectivity index (χ0) is 11.4. The van der Waals surface area contributed by atoms with E-state index in [0.29, 0.717) is 13.0 Å². The Morgan fingerprint density at radius 3 is 2.59 bits per heavy atom. The van der Waals surface area contributed by atoms with Crippen LogP contribution in [0.15, 0.2) is 5.51 Å². The minimum absolute atomic E-state index is 0. The van der Waals surface area contributed by atoms with Crippen molar-refractivity contribution < 1.29 is 4.79 Å². The number of thiazole rings is 1.